The lowest BCUT2D eigenvalue weighted by molar-refractivity contribution is -0.200. The maximum Gasteiger partial charge on any atom is 0.243 e. The number of nitrogens with zero attached hydrogens (tertiary/aromatic N) is 1. The van der Waals surface area contributed by atoms with Crippen LogP contribution in [0.25, 0.3) is 0 Å². The molecule has 1 N–H and O–H groups in total. The molecule has 2 aliphatic heterocycles. The average Bonchev–Trinajstić information content (AvgIpc) is 3.32. The average molecular weight is 489 g/mol. The first kappa shape index (κ1) is 24.8. The van der Waals surface area contributed by atoms with Crippen molar-refractivity contribution < 1.29 is 23.8 Å². The normalized spacial score (nSPS) is 20.7. The molecule has 2 saturated heterocycles. The highest BCUT2D eigenvalue weighted by Crippen LogP contribution is 2.26. The van der Waals surface area contributed by atoms with Crippen molar-refractivity contribution in [1.29, 1.82) is 0 Å². The topological polar surface area (TPSA) is 69.3 Å². The van der Waals surface area contributed by atoms with Crippen LogP contribution in [0.15, 0.2) is 48.5 Å². The van der Waals surface area contributed by atoms with Crippen molar-refractivity contribution in [2.45, 2.75) is 57.3 Å². The molecule has 1 unspecified atom stereocenters. The van der Waals surface area contributed by atoms with Crippen LogP contribution >= 0.6 is 11.6 Å². The summed E-state index contributed by atoms with van der Waals surface area (Å²) in [6.45, 7) is 3.23. The van der Waals surface area contributed by atoms with E-state index in [1.54, 1.807) is 12.1 Å². The Balaban J connectivity index is 1.14. The molecule has 4 rings (SSSR count). The van der Waals surface area contributed by atoms with Gasteiger partial charge in [0.15, 0.2) is 6.29 Å². The summed E-state index contributed by atoms with van der Waals surface area (Å²) < 4.78 is 17.3. The lowest BCUT2D eigenvalue weighted by Gasteiger charge is -2.24. The largest absolute Gasteiger partial charge is 0.492 e. The molecule has 0 radical (unpaired) electrons. The van der Waals surface area contributed by atoms with Crippen LogP contribution in [0.5, 0.6) is 17.2 Å². The van der Waals surface area contributed by atoms with E-state index in [0.29, 0.717) is 30.7 Å². The number of carbonyl (C=O) groups excluding carboxylic acids is 1. The number of hydrogen-bond donors (Lipinski definition) is 1. The summed E-state index contributed by atoms with van der Waals surface area (Å²) in [6.07, 6.45) is 6.12. The molecule has 2 aromatic rings. The Kier molecular flexibility index (Phi) is 9.44. The fourth-order valence-corrected chi connectivity index (χ4v) is 4.37. The Morgan fingerprint density at radius 3 is 2.47 bits per heavy atom. The molecule has 7 nitrogen and oxygen atoms in total. The molecule has 0 spiro atoms. The maximum atomic E-state index is 12.1. The number of nitrogens with one attached hydrogen (secondary N) is 1. The molecular formula is C26H33ClN2O5. The SMILES string of the molecule is O=C(CCCN1CCC[C@H]1COc1ccc(Oc2ccc(Cl)cc2)cc1)NOC1CCCCO1. The third kappa shape index (κ3) is 7.87. The lowest BCUT2D eigenvalue weighted by atomic mass is 10.2. The van der Waals surface area contributed by atoms with E-state index < -0.39 is 0 Å². The van der Waals surface area contributed by atoms with E-state index in [1.807, 2.05) is 36.4 Å². The highest BCUT2D eigenvalue weighted by atomic mass is 35.5. The van der Waals surface area contributed by atoms with Crippen molar-refractivity contribution >= 4 is 17.5 Å². The number of ether oxygens (including phenoxy) is 3. The monoisotopic (exact) mass is 488 g/mol. The smallest absolute Gasteiger partial charge is 0.243 e. The van der Waals surface area contributed by atoms with Gasteiger partial charge < -0.3 is 14.2 Å². The van der Waals surface area contributed by atoms with Gasteiger partial charge in [-0.05, 0) is 93.7 Å². The van der Waals surface area contributed by atoms with Crippen LogP contribution in [0.2, 0.25) is 5.02 Å². The molecule has 1 amide bonds. The van der Waals surface area contributed by atoms with Crippen LogP contribution in [0.1, 0.15) is 44.9 Å². The van der Waals surface area contributed by atoms with Gasteiger partial charge in [-0.3, -0.25) is 9.69 Å². The molecule has 2 aliphatic rings. The molecule has 34 heavy (non-hydrogen) atoms. The maximum absolute atomic E-state index is 12.1. The first-order valence-corrected chi connectivity index (χ1v) is 12.5. The van der Waals surface area contributed by atoms with Gasteiger partial charge in [0.25, 0.3) is 0 Å². The van der Waals surface area contributed by atoms with Crippen molar-refractivity contribution in [2.24, 2.45) is 0 Å². The van der Waals surface area contributed by atoms with Gasteiger partial charge >= 0.3 is 0 Å². The minimum Gasteiger partial charge on any atom is -0.492 e. The van der Waals surface area contributed by atoms with E-state index in [2.05, 4.69) is 10.4 Å². The number of hydrogen-bond acceptors (Lipinski definition) is 6. The summed E-state index contributed by atoms with van der Waals surface area (Å²) in [7, 11) is 0. The van der Waals surface area contributed by atoms with Crippen LogP contribution in [0.4, 0.5) is 0 Å². The van der Waals surface area contributed by atoms with Gasteiger partial charge in [-0.2, -0.15) is 0 Å². The van der Waals surface area contributed by atoms with Crippen molar-refractivity contribution in [3.05, 3.63) is 53.6 Å². The summed E-state index contributed by atoms with van der Waals surface area (Å²) in [5.74, 6) is 2.20. The molecule has 0 aliphatic carbocycles. The Hall–Kier alpha value is -2.32. The van der Waals surface area contributed by atoms with Crippen molar-refractivity contribution in [1.82, 2.24) is 10.4 Å². The zero-order valence-electron chi connectivity index (χ0n) is 19.4. The van der Waals surface area contributed by atoms with Gasteiger partial charge in [0.05, 0.1) is 0 Å². The fraction of sp³-hybridized carbons (Fsp3) is 0.500. The third-order valence-electron chi connectivity index (χ3n) is 6.11. The van der Waals surface area contributed by atoms with Gasteiger partial charge in [0.2, 0.25) is 5.91 Å². The van der Waals surface area contributed by atoms with Gasteiger partial charge in [0.1, 0.15) is 23.9 Å². The molecule has 2 heterocycles. The second-order valence-corrected chi connectivity index (χ2v) is 9.15. The molecule has 2 fully saturated rings. The Morgan fingerprint density at radius 2 is 1.74 bits per heavy atom. The minimum atomic E-state index is -0.309. The lowest BCUT2D eigenvalue weighted by Crippen LogP contribution is -2.36. The summed E-state index contributed by atoms with van der Waals surface area (Å²) in [6, 6.07) is 15.3. The van der Waals surface area contributed by atoms with Gasteiger partial charge in [0, 0.05) is 30.5 Å². The molecule has 0 saturated carbocycles. The first-order valence-electron chi connectivity index (χ1n) is 12.1. The van der Waals surface area contributed by atoms with Gasteiger partial charge in [-0.15, -0.1) is 0 Å². The van der Waals surface area contributed by atoms with Gasteiger partial charge in [-0.25, -0.2) is 10.3 Å². The number of rotatable bonds is 11. The summed E-state index contributed by atoms with van der Waals surface area (Å²) in [4.78, 5) is 19.8. The zero-order chi connectivity index (χ0) is 23.6. The predicted molar refractivity (Wildman–Crippen MR) is 130 cm³/mol. The van der Waals surface area contributed by atoms with E-state index in [1.165, 1.54) is 0 Å². The molecule has 0 aromatic heterocycles. The second kappa shape index (κ2) is 13.0. The number of benzene rings is 2. The molecule has 184 valence electrons. The van der Waals surface area contributed by atoms with Crippen LogP contribution in [-0.4, -0.2) is 49.4 Å². The van der Waals surface area contributed by atoms with E-state index in [9.17, 15) is 4.79 Å². The van der Waals surface area contributed by atoms with Crippen LogP contribution in [-0.2, 0) is 14.4 Å². The van der Waals surface area contributed by atoms with Crippen LogP contribution in [0.3, 0.4) is 0 Å². The van der Waals surface area contributed by atoms with Crippen molar-refractivity contribution in [3.63, 3.8) is 0 Å². The molecule has 0 bridgehead atoms. The number of hydroxylamine groups is 1. The standard InChI is InChI=1S/C26H33ClN2O5/c27-20-8-10-23(11-9-20)33-24-14-12-22(13-15-24)32-19-21-5-3-16-29(21)17-4-6-25(30)28-34-26-7-1-2-18-31-26/h8-15,21,26H,1-7,16-19H2,(H,28,30)/t21-,26?/m0/s1. The van der Waals surface area contributed by atoms with E-state index in [0.717, 1.165) is 68.9 Å². The third-order valence-corrected chi connectivity index (χ3v) is 6.36. The number of likely N-dealkylation sites (tertiary alicyclic amines) is 1. The van der Waals surface area contributed by atoms with Crippen LogP contribution < -0.4 is 15.0 Å². The Bertz CT molecular complexity index is 887. The second-order valence-electron chi connectivity index (χ2n) is 8.71. The zero-order valence-corrected chi connectivity index (χ0v) is 20.2. The Morgan fingerprint density at radius 1 is 1.00 bits per heavy atom. The Labute approximate surface area is 206 Å². The summed E-state index contributed by atoms with van der Waals surface area (Å²) in [5, 5.41) is 0.680. The van der Waals surface area contributed by atoms with Crippen LogP contribution in [0, 0.1) is 0 Å². The highest BCUT2D eigenvalue weighted by molar-refractivity contribution is 6.30. The van der Waals surface area contributed by atoms with Crippen molar-refractivity contribution in [2.75, 3.05) is 26.3 Å². The molecule has 2 atom stereocenters. The number of amides is 1. The number of carbonyl (C=O) groups is 1. The van der Waals surface area contributed by atoms with E-state index in [4.69, 9.17) is 30.6 Å². The number of halogens is 1. The molecule has 8 heteroatoms. The molecular weight excluding hydrogens is 456 g/mol. The molecule has 2 aromatic carbocycles. The quantitative estimate of drug-likeness (QED) is 0.431. The first-order chi connectivity index (χ1) is 16.7. The van der Waals surface area contributed by atoms with Gasteiger partial charge in [-0.1, -0.05) is 11.6 Å². The predicted octanol–water partition coefficient (Wildman–Crippen LogP) is 5.33. The fourth-order valence-electron chi connectivity index (χ4n) is 4.24. The minimum absolute atomic E-state index is 0.0953. The summed E-state index contributed by atoms with van der Waals surface area (Å²) >= 11 is 5.91. The van der Waals surface area contributed by atoms with E-state index in [-0.39, 0.29) is 12.2 Å². The summed E-state index contributed by atoms with van der Waals surface area (Å²) in [5.41, 5.74) is 2.53. The highest BCUT2D eigenvalue weighted by Gasteiger charge is 2.25. The van der Waals surface area contributed by atoms with E-state index >= 15 is 0 Å². The van der Waals surface area contributed by atoms with Crippen molar-refractivity contribution in [3.8, 4) is 17.2 Å².